The molecule has 0 saturated carbocycles. The zero-order chi connectivity index (χ0) is 20.2. The maximum absolute atomic E-state index is 13.5. The molecule has 1 aliphatic heterocycles. The van der Waals surface area contributed by atoms with Crippen molar-refractivity contribution in [1.82, 2.24) is 4.90 Å². The Hall–Kier alpha value is -2.51. The number of anilines is 1. The summed E-state index contributed by atoms with van der Waals surface area (Å²) >= 11 is 0. The summed E-state index contributed by atoms with van der Waals surface area (Å²) in [5, 5.41) is 2.16. The topological polar surface area (TPSA) is 75.7 Å². The van der Waals surface area contributed by atoms with Gasteiger partial charge in [-0.1, -0.05) is 20.8 Å². The van der Waals surface area contributed by atoms with E-state index in [1.54, 1.807) is 4.90 Å². The molecule has 27 heavy (non-hydrogen) atoms. The first-order chi connectivity index (χ1) is 12.6. The number of hydrogen-bond donors (Lipinski definition) is 1. The van der Waals surface area contributed by atoms with Crippen LogP contribution in [0.25, 0.3) is 0 Å². The summed E-state index contributed by atoms with van der Waals surface area (Å²) < 4.78 is 31.5. The van der Waals surface area contributed by atoms with Crippen LogP contribution in [-0.4, -0.2) is 42.4 Å². The lowest BCUT2D eigenvalue weighted by Crippen LogP contribution is -2.45. The lowest BCUT2D eigenvalue weighted by Gasteiger charge is -2.34. The van der Waals surface area contributed by atoms with Crippen molar-refractivity contribution < 1.29 is 27.9 Å². The van der Waals surface area contributed by atoms with Gasteiger partial charge in [-0.3, -0.25) is 14.4 Å². The van der Waals surface area contributed by atoms with Gasteiger partial charge in [0.2, 0.25) is 5.91 Å². The number of likely N-dealkylation sites (tertiary alicyclic amines) is 1. The van der Waals surface area contributed by atoms with Crippen molar-refractivity contribution in [3.05, 3.63) is 29.8 Å². The first-order valence-corrected chi connectivity index (χ1v) is 8.79. The minimum atomic E-state index is -0.785. The van der Waals surface area contributed by atoms with Crippen molar-refractivity contribution in [1.29, 1.82) is 0 Å². The number of piperidine rings is 1. The molecule has 0 aromatic heterocycles. The van der Waals surface area contributed by atoms with E-state index in [0.29, 0.717) is 25.9 Å². The molecule has 1 N–H and O–H groups in total. The third-order valence-corrected chi connectivity index (χ3v) is 4.31. The number of carbonyl (C=O) groups excluding carboxylic acids is 3. The number of carbonyl (C=O) groups is 3. The Balaban J connectivity index is 1.79. The molecule has 1 heterocycles. The van der Waals surface area contributed by atoms with Crippen LogP contribution in [0.4, 0.5) is 14.5 Å². The molecule has 0 unspecified atom stereocenters. The molecule has 1 saturated heterocycles. The number of amides is 2. The predicted octanol–water partition coefficient (Wildman–Crippen LogP) is 2.73. The van der Waals surface area contributed by atoms with Crippen LogP contribution in [0.3, 0.4) is 0 Å². The first kappa shape index (κ1) is 20.8. The summed E-state index contributed by atoms with van der Waals surface area (Å²) in [6.07, 6.45) is 0.918. The van der Waals surface area contributed by atoms with Crippen LogP contribution >= 0.6 is 0 Å². The first-order valence-electron chi connectivity index (χ1n) is 8.79. The molecule has 1 fully saturated rings. The van der Waals surface area contributed by atoms with Gasteiger partial charge in [0.25, 0.3) is 5.91 Å². The van der Waals surface area contributed by atoms with Crippen LogP contribution < -0.4 is 5.32 Å². The van der Waals surface area contributed by atoms with Gasteiger partial charge >= 0.3 is 5.97 Å². The lowest BCUT2D eigenvalue weighted by atomic mass is 9.91. The molecular formula is C19H24F2N2O4. The smallest absolute Gasteiger partial charge is 0.309 e. The number of hydrogen-bond acceptors (Lipinski definition) is 4. The van der Waals surface area contributed by atoms with Gasteiger partial charge in [-0.2, -0.15) is 0 Å². The Kier molecular flexibility index (Phi) is 6.51. The van der Waals surface area contributed by atoms with Crippen LogP contribution in [-0.2, 0) is 19.1 Å². The molecule has 1 aliphatic rings. The van der Waals surface area contributed by atoms with E-state index in [0.717, 1.165) is 18.2 Å². The molecule has 2 rings (SSSR count). The molecule has 0 atom stereocenters. The van der Waals surface area contributed by atoms with Gasteiger partial charge in [-0.05, 0) is 25.0 Å². The summed E-state index contributed by atoms with van der Waals surface area (Å²) in [4.78, 5) is 37.9. The minimum absolute atomic E-state index is 0.0332. The van der Waals surface area contributed by atoms with E-state index in [4.69, 9.17) is 4.74 Å². The fraction of sp³-hybridized carbons (Fsp3) is 0.526. The lowest BCUT2D eigenvalue weighted by molar-refractivity contribution is -0.155. The molecule has 8 heteroatoms. The minimum Gasteiger partial charge on any atom is -0.455 e. The largest absolute Gasteiger partial charge is 0.455 e. The third-order valence-electron chi connectivity index (χ3n) is 4.31. The van der Waals surface area contributed by atoms with E-state index in [1.165, 1.54) is 0 Å². The number of nitrogens with one attached hydrogen (secondary N) is 1. The van der Waals surface area contributed by atoms with E-state index >= 15 is 0 Å². The molecule has 0 spiro atoms. The summed E-state index contributed by atoms with van der Waals surface area (Å²) in [5.74, 6) is -3.13. The molecule has 0 bridgehead atoms. The molecule has 1 aromatic carbocycles. The number of nitrogens with zero attached hydrogens (tertiary/aromatic N) is 1. The van der Waals surface area contributed by atoms with Gasteiger partial charge in [0, 0.05) is 24.6 Å². The maximum Gasteiger partial charge on any atom is 0.309 e. The average Bonchev–Trinajstić information content (AvgIpc) is 2.61. The molecule has 0 aliphatic carbocycles. The molecule has 1 aromatic rings. The van der Waals surface area contributed by atoms with Crippen molar-refractivity contribution in [2.75, 3.05) is 25.0 Å². The van der Waals surface area contributed by atoms with Crippen molar-refractivity contribution in [3.63, 3.8) is 0 Å². The highest BCUT2D eigenvalue weighted by Crippen LogP contribution is 2.24. The predicted molar refractivity (Wildman–Crippen MR) is 94.7 cm³/mol. The zero-order valence-corrected chi connectivity index (χ0v) is 15.7. The number of esters is 1. The molecule has 148 valence electrons. The number of rotatable bonds is 4. The third kappa shape index (κ3) is 5.74. The normalized spacial score (nSPS) is 15.4. The fourth-order valence-corrected chi connectivity index (χ4v) is 2.83. The van der Waals surface area contributed by atoms with E-state index < -0.39 is 41.5 Å². The van der Waals surface area contributed by atoms with Crippen molar-refractivity contribution in [3.8, 4) is 0 Å². The zero-order valence-electron chi connectivity index (χ0n) is 15.7. The Morgan fingerprint density at radius 3 is 2.41 bits per heavy atom. The SMILES string of the molecule is CC(C)(C)C(=O)N1CCC(C(=O)OCC(=O)Nc2cc(F)ccc2F)CC1. The van der Waals surface area contributed by atoms with E-state index in [9.17, 15) is 23.2 Å². The van der Waals surface area contributed by atoms with Crippen LogP contribution in [0.15, 0.2) is 18.2 Å². The number of ether oxygens (including phenoxy) is 1. The second-order valence-electron chi connectivity index (χ2n) is 7.60. The quantitative estimate of drug-likeness (QED) is 0.813. The second kappa shape index (κ2) is 8.45. The Labute approximate surface area is 156 Å². The summed E-state index contributed by atoms with van der Waals surface area (Å²) in [6.45, 7) is 5.85. The Morgan fingerprint density at radius 1 is 1.19 bits per heavy atom. The molecule has 6 nitrogen and oxygen atoms in total. The van der Waals surface area contributed by atoms with Gasteiger partial charge in [0.05, 0.1) is 11.6 Å². The molecule has 0 radical (unpaired) electrons. The van der Waals surface area contributed by atoms with Gasteiger partial charge in [0.1, 0.15) is 11.6 Å². The maximum atomic E-state index is 13.5. The standard InChI is InChI=1S/C19H24F2N2O4/c1-19(2,3)18(26)23-8-6-12(7-9-23)17(25)27-11-16(24)22-15-10-13(20)4-5-14(15)21/h4-5,10,12H,6-9,11H2,1-3H3,(H,22,24). The summed E-state index contributed by atoms with van der Waals surface area (Å²) in [5.41, 5.74) is -0.789. The van der Waals surface area contributed by atoms with Crippen LogP contribution in [0.5, 0.6) is 0 Å². The number of benzene rings is 1. The van der Waals surface area contributed by atoms with Crippen LogP contribution in [0.2, 0.25) is 0 Å². The van der Waals surface area contributed by atoms with Crippen molar-refractivity contribution in [2.45, 2.75) is 33.6 Å². The highest BCUT2D eigenvalue weighted by molar-refractivity contribution is 5.93. The van der Waals surface area contributed by atoms with Crippen LogP contribution in [0.1, 0.15) is 33.6 Å². The fourth-order valence-electron chi connectivity index (χ4n) is 2.83. The van der Waals surface area contributed by atoms with Gasteiger partial charge < -0.3 is 15.0 Å². The summed E-state index contributed by atoms with van der Waals surface area (Å²) in [6, 6.07) is 2.67. The van der Waals surface area contributed by atoms with Gasteiger partial charge in [-0.25, -0.2) is 8.78 Å². The highest BCUT2D eigenvalue weighted by Gasteiger charge is 2.33. The number of halogens is 2. The monoisotopic (exact) mass is 382 g/mol. The van der Waals surface area contributed by atoms with E-state index in [2.05, 4.69) is 5.32 Å². The Bertz CT molecular complexity index is 723. The van der Waals surface area contributed by atoms with Crippen molar-refractivity contribution in [2.24, 2.45) is 11.3 Å². The van der Waals surface area contributed by atoms with Gasteiger partial charge in [-0.15, -0.1) is 0 Å². The summed E-state index contributed by atoms with van der Waals surface area (Å²) in [7, 11) is 0. The molecular weight excluding hydrogens is 358 g/mol. The van der Waals surface area contributed by atoms with E-state index in [1.807, 2.05) is 20.8 Å². The average molecular weight is 382 g/mol. The van der Waals surface area contributed by atoms with Crippen LogP contribution in [0, 0.1) is 23.0 Å². The van der Waals surface area contributed by atoms with Gasteiger partial charge in [0.15, 0.2) is 6.61 Å². The second-order valence-corrected chi connectivity index (χ2v) is 7.60. The highest BCUT2D eigenvalue weighted by atomic mass is 19.1. The molecule has 2 amide bonds. The Morgan fingerprint density at radius 2 is 1.81 bits per heavy atom. The van der Waals surface area contributed by atoms with Crippen molar-refractivity contribution >= 4 is 23.5 Å². The van der Waals surface area contributed by atoms with E-state index in [-0.39, 0.29) is 11.6 Å².